The Morgan fingerprint density at radius 1 is 1.24 bits per heavy atom. The molecule has 0 aliphatic carbocycles. The number of sulfonamides is 1. The third-order valence-corrected chi connectivity index (χ3v) is 4.75. The number of benzene rings is 1. The van der Waals surface area contributed by atoms with Crippen molar-refractivity contribution in [1.29, 1.82) is 0 Å². The molecule has 0 amide bonds. The van der Waals surface area contributed by atoms with Crippen LogP contribution in [0.5, 0.6) is 0 Å². The van der Waals surface area contributed by atoms with Gasteiger partial charge in [0.25, 0.3) is 0 Å². The van der Waals surface area contributed by atoms with Crippen molar-refractivity contribution in [3.8, 4) is 0 Å². The van der Waals surface area contributed by atoms with Gasteiger partial charge in [-0.15, -0.1) is 0 Å². The second-order valence-electron chi connectivity index (χ2n) is 4.55. The summed E-state index contributed by atoms with van der Waals surface area (Å²) in [4.78, 5) is 0. The Labute approximate surface area is 112 Å². The highest BCUT2D eigenvalue weighted by Crippen LogP contribution is 2.23. The van der Waals surface area contributed by atoms with Gasteiger partial charge in [-0.1, -0.05) is 35.0 Å². The van der Waals surface area contributed by atoms with Crippen molar-refractivity contribution in [2.45, 2.75) is 32.7 Å². The van der Waals surface area contributed by atoms with E-state index in [0.29, 0.717) is 6.42 Å². The fraction of sp³-hybridized carbons (Fsp3) is 0.500. The van der Waals surface area contributed by atoms with Crippen molar-refractivity contribution in [2.75, 3.05) is 5.75 Å². The predicted molar refractivity (Wildman–Crippen MR) is 74.4 cm³/mol. The Hall–Kier alpha value is -0.390. The van der Waals surface area contributed by atoms with Crippen molar-refractivity contribution in [2.24, 2.45) is 0 Å². The van der Waals surface area contributed by atoms with Crippen LogP contribution in [0.1, 0.15) is 32.8 Å². The average Bonchev–Trinajstić information content (AvgIpc) is 2.16. The highest BCUT2D eigenvalue weighted by Gasteiger charge is 2.25. The van der Waals surface area contributed by atoms with E-state index in [2.05, 4.69) is 20.7 Å². The zero-order valence-corrected chi connectivity index (χ0v) is 12.7. The summed E-state index contributed by atoms with van der Waals surface area (Å²) in [6.07, 6.45) is 0.617. The minimum atomic E-state index is -3.21. The molecule has 0 unspecified atom stereocenters. The molecule has 1 aromatic carbocycles. The molecule has 1 aromatic rings. The van der Waals surface area contributed by atoms with Gasteiger partial charge in [0.05, 0.1) is 11.3 Å². The zero-order chi connectivity index (χ0) is 13.1. The summed E-state index contributed by atoms with van der Waals surface area (Å²) in [7, 11) is -3.21. The van der Waals surface area contributed by atoms with Crippen LogP contribution in [0, 0.1) is 0 Å². The van der Waals surface area contributed by atoms with E-state index in [4.69, 9.17) is 0 Å². The van der Waals surface area contributed by atoms with Crippen molar-refractivity contribution in [1.82, 2.24) is 4.72 Å². The van der Waals surface area contributed by atoms with E-state index in [9.17, 15) is 8.42 Å². The minimum Gasteiger partial charge on any atom is -0.212 e. The van der Waals surface area contributed by atoms with E-state index in [1.54, 1.807) is 0 Å². The van der Waals surface area contributed by atoms with E-state index >= 15 is 0 Å². The first-order valence-corrected chi connectivity index (χ1v) is 7.99. The van der Waals surface area contributed by atoms with E-state index < -0.39 is 15.6 Å². The smallest absolute Gasteiger partial charge is 0.212 e. The van der Waals surface area contributed by atoms with Gasteiger partial charge in [-0.25, -0.2) is 13.1 Å². The molecule has 0 fully saturated rings. The van der Waals surface area contributed by atoms with Gasteiger partial charge >= 0.3 is 0 Å². The van der Waals surface area contributed by atoms with Crippen LogP contribution >= 0.6 is 15.9 Å². The van der Waals surface area contributed by atoms with Crippen LogP contribution in [0.4, 0.5) is 0 Å². The lowest BCUT2D eigenvalue weighted by Crippen LogP contribution is -2.41. The molecule has 0 bridgehead atoms. The molecule has 0 aromatic heterocycles. The summed E-state index contributed by atoms with van der Waals surface area (Å²) >= 11 is 3.36. The number of nitrogens with one attached hydrogen (secondary N) is 1. The molecule has 0 spiro atoms. The van der Waals surface area contributed by atoms with Crippen molar-refractivity contribution in [3.05, 3.63) is 34.3 Å². The van der Waals surface area contributed by atoms with E-state index in [1.165, 1.54) is 0 Å². The summed E-state index contributed by atoms with van der Waals surface area (Å²) in [5.74, 6) is 0.160. The van der Waals surface area contributed by atoms with Crippen LogP contribution in [0.25, 0.3) is 0 Å². The van der Waals surface area contributed by atoms with Crippen LogP contribution in [0.3, 0.4) is 0 Å². The molecule has 0 aliphatic heterocycles. The molecule has 1 rings (SSSR count). The lowest BCUT2D eigenvalue weighted by atomic mass is 9.96. The quantitative estimate of drug-likeness (QED) is 0.906. The molecule has 0 aliphatic rings. The van der Waals surface area contributed by atoms with Crippen molar-refractivity contribution >= 4 is 26.0 Å². The summed E-state index contributed by atoms with van der Waals surface area (Å²) in [6.45, 7) is 5.58. The van der Waals surface area contributed by atoms with Gasteiger partial charge in [0.1, 0.15) is 0 Å². The standard InChI is InChI=1S/C12H18BrNO2S/c1-4-9-17(15,16)14-12(2,3)10-5-7-11(13)8-6-10/h5-8,14H,4,9H2,1-3H3. The van der Waals surface area contributed by atoms with Gasteiger partial charge in [-0.2, -0.15) is 0 Å². The van der Waals surface area contributed by atoms with Crippen LogP contribution < -0.4 is 4.72 Å². The zero-order valence-electron chi connectivity index (χ0n) is 10.3. The molecule has 17 heavy (non-hydrogen) atoms. The molecule has 0 heterocycles. The fourth-order valence-electron chi connectivity index (χ4n) is 1.63. The first-order chi connectivity index (χ1) is 7.77. The molecule has 1 N–H and O–H groups in total. The minimum absolute atomic E-state index is 0.160. The first-order valence-electron chi connectivity index (χ1n) is 5.54. The largest absolute Gasteiger partial charge is 0.212 e. The molecular weight excluding hydrogens is 302 g/mol. The third kappa shape index (κ3) is 4.41. The molecule has 3 nitrogen and oxygen atoms in total. The maximum atomic E-state index is 11.8. The lowest BCUT2D eigenvalue weighted by molar-refractivity contribution is 0.471. The van der Waals surface area contributed by atoms with Gasteiger partial charge in [0.2, 0.25) is 10.0 Å². The topological polar surface area (TPSA) is 46.2 Å². The van der Waals surface area contributed by atoms with E-state index in [1.807, 2.05) is 45.0 Å². The molecular formula is C12H18BrNO2S. The van der Waals surface area contributed by atoms with Gasteiger partial charge in [-0.3, -0.25) is 0 Å². The fourth-order valence-corrected chi connectivity index (χ4v) is 3.43. The summed E-state index contributed by atoms with van der Waals surface area (Å²) in [5, 5.41) is 0. The van der Waals surface area contributed by atoms with Gasteiger partial charge in [0.15, 0.2) is 0 Å². The summed E-state index contributed by atoms with van der Waals surface area (Å²) < 4.78 is 27.2. The summed E-state index contributed by atoms with van der Waals surface area (Å²) in [5.41, 5.74) is 0.356. The monoisotopic (exact) mass is 319 g/mol. The Morgan fingerprint density at radius 2 is 1.76 bits per heavy atom. The Kier molecular flexibility index (Phi) is 4.75. The lowest BCUT2D eigenvalue weighted by Gasteiger charge is -2.26. The molecule has 96 valence electrons. The third-order valence-electron chi connectivity index (χ3n) is 2.45. The number of hydrogen-bond acceptors (Lipinski definition) is 2. The first kappa shape index (κ1) is 14.7. The maximum absolute atomic E-state index is 11.8. The Morgan fingerprint density at radius 3 is 2.24 bits per heavy atom. The maximum Gasteiger partial charge on any atom is 0.212 e. The predicted octanol–water partition coefficient (Wildman–Crippen LogP) is 3.01. The molecule has 0 radical (unpaired) electrons. The molecule has 5 heteroatoms. The van der Waals surface area contributed by atoms with Crippen LogP contribution in [0.15, 0.2) is 28.7 Å². The number of rotatable bonds is 5. The highest BCUT2D eigenvalue weighted by molar-refractivity contribution is 9.10. The highest BCUT2D eigenvalue weighted by atomic mass is 79.9. The SMILES string of the molecule is CCCS(=O)(=O)NC(C)(C)c1ccc(Br)cc1. The average molecular weight is 320 g/mol. The molecule has 0 atom stereocenters. The van der Waals surface area contributed by atoms with Gasteiger partial charge < -0.3 is 0 Å². The van der Waals surface area contributed by atoms with Crippen LogP contribution in [-0.4, -0.2) is 14.2 Å². The normalized spacial score (nSPS) is 12.7. The van der Waals surface area contributed by atoms with E-state index in [0.717, 1.165) is 10.0 Å². The van der Waals surface area contributed by atoms with E-state index in [-0.39, 0.29) is 5.75 Å². The van der Waals surface area contributed by atoms with Crippen molar-refractivity contribution in [3.63, 3.8) is 0 Å². The number of hydrogen-bond donors (Lipinski definition) is 1. The Bertz CT molecular complexity index is 466. The van der Waals surface area contributed by atoms with Gasteiger partial charge in [-0.05, 0) is 38.0 Å². The Balaban J connectivity index is 2.92. The second kappa shape index (κ2) is 5.50. The van der Waals surface area contributed by atoms with Crippen molar-refractivity contribution < 1.29 is 8.42 Å². The van der Waals surface area contributed by atoms with Crippen LogP contribution in [0.2, 0.25) is 0 Å². The second-order valence-corrected chi connectivity index (χ2v) is 7.31. The molecule has 0 saturated heterocycles. The van der Waals surface area contributed by atoms with Gasteiger partial charge in [0, 0.05) is 4.47 Å². The van der Waals surface area contributed by atoms with Crippen LogP contribution in [-0.2, 0) is 15.6 Å². The number of halogens is 1. The molecule has 0 saturated carbocycles. The summed E-state index contributed by atoms with van der Waals surface area (Å²) in [6, 6.07) is 7.65.